The van der Waals surface area contributed by atoms with Crippen LogP contribution in [0.4, 0.5) is 16.2 Å². The van der Waals surface area contributed by atoms with Crippen molar-refractivity contribution >= 4 is 35.3 Å². The Bertz CT molecular complexity index is 1720. The van der Waals surface area contributed by atoms with Crippen molar-refractivity contribution in [3.63, 3.8) is 0 Å². The van der Waals surface area contributed by atoms with Crippen LogP contribution >= 0.6 is 0 Å². The van der Waals surface area contributed by atoms with Crippen LogP contribution in [0.25, 0.3) is 6.08 Å². The molecule has 0 spiro atoms. The lowest BCUT2D eigenvalue weighted by molar-refractivity contribution is -0.384. The van der Waals surface area contributed by atoms with Crippen molar-refractivity contribution in [2.45, 2.75) is 13.2 Å². The first-order chi connectivity index (χ1) is 20.8. The number of anilines is 1. The molecule has 1 fully saturated rings. The number of nitrogens with zero attached hydrogens (tertiary/aromatic N) is 2. The molecule has 216 valence electrons. The van der Waals surface area contributed by atoms with Crippen LogP contribution in [-0.2, 0) is 22.8 Å². The van der Waals surface area contributed by atoms with E-state index in [1.54, 1.807) is 54.6 Å². The molecule has 0 saturated carbocycles. The van der Waals surface area contributed by atoms with Crippen molar-refractivity contribution in [2.75, 3.05) is 12.0 Å². The molecule has 0 atom stereocenters. The Morgan fingerprint density at radius 1 is 0.814 bits per heavy atom. The van der Waals surface area contributed by atoms with Gasteiger partial charge in [-0.1, -0.05) is 48.5 Å². The van der Waals surface area contributed by atoms with Crippen LogP contribution in [0.1, 0.15) is 16.7 Å². The molecule has 1 N–H and O–H groups in total. The molecule has 4 aromatic rings. The van der Waals surface area contributed by atoms with Crippen molar-refractivity contribution < 1.29 is 33.5 Å². The Balaban J connectivity index is 1.31. The number of nitrogens with one attached hydrogen (secondary N) is 1. The topological polar surface area (TPSA) is 137 Å². The lowest BCUT2D eigenvalue weighted by Crippen LogP contribution is -2.54. The van der Waals surface area contributed by atoms with Crippen LogP contribution in [0.5, 0.6) is 17.2 Å². The first-order valence-corrected chi connectivity index (χ1v) is 13.0. The lowest BCUT2D eigenvalue weighted by atomic mass is 10.1. The number of barbiturate groups is 1. The number of amides is 4. The van der Waals surface area contributed by atoms with Gasteiger partial charge in [0.15, 0.2) is 11.5 Å². The normalized spacial score (nSPS) is 13.9. The molecule has 1 aliphatic rings. The van der Waals surface area contributed by atoms with E-state index in [9.17, 15) is 24.5 Å². The molecule has 5 rings (SSSR count). The van der Waals surface area contributed by atoms with Crippen molar-refractivity contribution in [3.8, 4) is 17.2 Å². The van der Waals surface area contributed by atoms with Crippen molar-refractivity contribution in [1.29, 1.82) is 0 Å². The number of rotatable bonds is 10. The SMILES string of the molecule is COc1cc(/C=C2\C(=O)NC(=O)N(c3ccc(OCc4ccccc4)cc3)C2=O)ccc1OCc1cccc([N+](=O)[O-])c1. The van der Waals surface area contributed by atoms with Crippen LogP contribution in [0.2, 0.25) is 0 Å². The Morgan fingerprint density at radius 3 is 2.26 bits per heavy atom. The van der Waals surface area contributed by atoms with Gasteiger partial charge < -0.3 is 14.2 Å². The molecular weight excluding hydrogens is 554 g/mol. The summed E-state index contributed by atoms with van der Waals surface area (Å²) in [5, 5.41) is 13.2. The van der Waals surface area contributed by atoms with Gasteiger partial charge in [-0.3, -0.25) is 25.0 Å². The van der Waals surface area contributed by atoms with Gasteiger partial charge in [-0.05, 0) is 59.2 Å². The predicted molar refractivity (Wildman–Crippen MR) is 157 cm³/mol. The second-order valence-electron chi connectivity index (χ2n) is 9.35. The van der Waals surface area contributed by atoms with Gasteiger partial charge in [-0.2, -0.15) is 0 Å². The summed E-state index contributed by atoms with van der Waals surface area (Å²) in [6.07, 6.45) is 1.35. The molecule has 0 aromatic heterocycles. The number of methoxy groups -OCH3 is 1. The van der Waals surface area contributed by atoms with Crippen molar-refractivity contribution in [3.05, 3.63) is 129 Å². The summed E-state index contributed by atoms with van der Waals surface area (Å²) in [5.41, 5.74) is 1.98. The van der Waals surface area contributed by atoms with Gasteiger partial charge in [-0.25, -0.2) is 9.69 Å². The summed E-state index contributed by atoms with van der Waals surface area (Å²) >= 11 is 0. The van der Waals surface area contributed by atoms with E-state index in [1.807, 2.05) is 30.3 Å². The summed E-state index contributed by atoms with van der Waals surface area (Å²) in [6.45, 7) is 0.402. The summed E-state index contributed by atoms with van der Waals surface area (Å²) in [6, 6.07) is 26.0. The van der Waals surface area contributed by atoms with Crippen LogP contribution in [0.3, 0.4) is 0 Å². The Kier molecular flexibility index (Phi) is 8.43. The first kappa shape index (κ1) is 28.6. The fourth-order valence-corrected chi connectivity index (χ4v) is 4.31. The quantitative estimate of drug-likeness (QED) is 0.114. The Hall–Kier alpha value is -5.97. The molecule has 0 unspecified atom stereocenters. The van der Waals surface area contributed by atoms with E-state index >= 15 is 0 Å². The number of ether oxygens (including phenoxy) is 3. The van der Waals surface area contributed by atoms with E-state index in [0.717, 1.165) is 10.5 Å². The highest BCUT2D eigenvalue weighted by Gasteiger charge is 2.36. The zero-order valence-corrected chi connectivity index (χ0v) is 22.9. The molecule has 4 aromatic carbocycles. The minimum absolute atomic E-state index is 0.0481. The molecule has 0 bridgehead atoms. The smallest absolute Gasteiger partial charge is 0.335 e. The molecule has 4 amide bonds. The van der Waals surface area contributed by atoms with Crippen molar-refractivity contribution in [2.24, 2.45) is 0 Å². The van der Waals surface area contributed by atoms with Gasteiger partial charge in [0.25, 0.3) is 17.5 Å². The highest BCUT2D eigenvalue weighted by Crippen LogP contribution is 2.31. The number of benzene rings is 4. The van der Waals surface area contributed by atoms with E-state index in [4.69, 9.17) is 14.2 Å². The number of non-ortho nitro benzene ring substituents is 1. The Morgan fingerprint density at radius 2 is 1.53 bits per heavy atom. The van der Waals surface area contributed by atoms with Gasteiger partial charge in [0.1, 0.15) is 24.5 Å². The van der Waals surface area contributed by atoms with Gasteiger partial charge in [0, 0.05) is 12.1 Å². The van der Waals surface area contributed by atoms with E-state index < -0.39 is 22.8 Å². The van der Waals surface area contributed by atoms with E-state index in [2.05, 4.69) is 5.32 Å². The van der Waals surface area contributed by atoms with Gasteiger partial charge >= 0.3 is 6.03 Å². The summed E-state index contributed by atoms with van der Waals surface area (Å²) in [4.78, 5) is 50.1. The molecule has 11 heteroatoms. The largest absolute Gasteiger partial charge is 0.493 e. The number of nitro benzene ring substituents is 1. The van der Waals surface area contributed by atoms with Crippen molar-refractivity contribution in [1.82, 2.24) is 5.32 Å². The maximum absolute atomic E-state index is 13.3. The van der Waals surface area contributed by atoms with Crippen LogP contribution < -0.4 is 24.4 Å². The third-order valence-corrected chi connectivity index (χ3v) is 6.46. The zero-order chi connectivity index (χ0) is 30.3. The minimum atomic E-state index is -0.868. The van der Waals surface area contributed by atoms with Crippen LogP contribution in [-0.4, -0.2) is 29.9 Å². The molecule has 11 nitrogen and oxygen atoms in total. The van der Waals surface area contributed by atoms with E-state index in [0.29, 0.717) is 35.0 Å². The number of carbonyl (C=O) groups excluding carboxylic acids is 3. The highest BCUT2D eigenvalue weighted by atomic mass is 16.6. The number of carbonyl (C=O) groups is 3. The molecule has 1 aliphatic heterocycles. The molecule has 43 heavy (non-hydrogen) atoms. The van der Waals surface area contributed by atoms with E-state index in [-0.39, 0.29) is 23.6 Å². The summed E-state index contributed by atoms with van der Waals surface area (Å²) in [5.74, 6) is -0.427. The fraction of sp³-hybridized carbons (Fsp3) is 0.0938. The highest BCUT2D eigenvalue weighted by molar-refractivity contribution is 6.39. The molecule has 0 aliphatic carbocycles. The number of nitro groups is 1. The number of imide groups is 2. The zero-order valence-electron chi connectivity index (χ0n) is 22.9. The Labute approximate surface area is 246 Å². The second-order valence-corrected chi connectivity index (χ2v) is 9.35. The molecule has 1 saturated heterocycles. The first-order valence-electron chi connectivity index (χ1n) is 13.0. The second kappa shape index (κ2) is 12.7. The summed E-state index contributed by atoms with van der Waals surface area (Å²) in [7, 11) is 1.43. The van der Waals surface area contributed by atoms with Crippen LogP contribution in [0.15, 0.2) is 103 Å². The van der Waals surface area contributed by atoms with Gasteiger partial charge in [-0.15, -0.1) is 0 Å². The lowest BCUT2D eigenvalue weighted by Gasteiger charge is -2.26. The molecule has 1 heterocycles. The van der Waals surface area contributed by atoms with E-state index in [1.165, 1.54) is 25.3 Å². The van der Waals surface area contributed by atoms with Gasteiger partial charge in [0.05, 0.1) is 17.7 Å². The minimum Gasteiger partial charge on any atom is -0.493 e. The molecular formula is C32H25N3O8. The fourth-order valence-electron chi connectivity index (χ4n) is 4.31. The third kappa shape index (κ3) is 6.68. The van der Waals surface area contributed by atoms with Crippen LogP contribution in [0, 0.1) is 10.1 Å². The maximum Gasteiger partial charge on any atom is 0.335 e. The third-order valence-electron chi connectivity index (χ3n) is 6.46. The average molecular weight is 580 g/mol. The monoisotopic (exact) mass is 579 g/mol. The number of hydrogen-bond donors (Lipinski definition) is 1. The summed E-state index contributed by atoms with van der Waals surface area (Å²) < 4.78 is 17.0. The average Bonchev–Trinajstić information content (AvgIpc) is 3.02. The molecule has 0 radical (unpaired) electrons. The maximum atomic E-state index is 13.3. The predicted octanol–water partition coefficient (Wildman–Crippen LogP) is 5.43. The number of hydrogen-bond acceptors (Lipinski definition) is 8. The number of urea groups is 1. The van der Waals surface area contributed by atoms with Gasteiger partial charge in [0.2, 0.25) is 0 Å². The standard InChI is InChI=1S/C32H25N3O8/c1-41-29-18-22(10-15-28(29)43-20-23-8-5-9-25(16-23)35(39)40)17-27-30(36)33-32(38)34(31(27)37)24-11-13-26(14-12-24)42-19-21-6-3-2-4-7-21/h2-18H,19-20H2,1H3,(H,33,36,38)/b27-17+.